The fraction of sp³-hybridized carbons (Fsp3) is 0.273. The second-order valence-electron chi connectivity index (χ2n) is 4.01. The fourth-order valence-electron chi connectivity index (χ4n) is 1.33. The molecule has 0 aliphatic rings. The van der Waals surface area contributed by atoms with Crippen molar-refractivity contribution < 1.29 is 27.0 Å². The highest BCUT2D eigenvalue weighted by atomic mass is 32.3. The summed E-state index contributed by atoms with van der Waals surface area (Å²) >= 11 is 0. The maximum atomic E-state index is 12.6. The molecule has 0 saturated heterocycles. The number of aliphatic carboxylic acids is 1. The zero-order valence-corrected chi connectivity index (χ0v) is 11.1. The van der Waals surface area contributed by atoms with Crippen molar-refractivity contribution >= 4 is 22.1 Å². The summed E-state index contributed by atoms with van der Waals surface area (Å²) in [6.07, 6.45) is -0.369. The lowest BCUT2D eigenvalue weighted by atomic mass is 10.2. The van der Waals surface area contributed by atoms with Gasteiger partial charge in [-0.3, -0.25) is 9.59 Å². The molecule has 20 heavy (non-hydrogen) atoms. The lowest BCUT2D eigenvalue weighted by Gasteiger charge is -2.08. The lowest BCUT2D eigenvalue weighted by molar-refractivity contribution is -0.140. The Morgan fingerprint density at radius 3 is 2.30 bits per heavy atom. The molecule has 0 heterocycles. The van der Waals surface area contributed by atoms with Gasteiger partial charge in [0.15, 0.2) is 0 Å². The molecule has 0 aliphatic heterocycles. The summed E-state index contributed by atoms with van der Waals surface area (Å²) in [7, 11) is -4.75. The SMILES string of the molecule is NC(CC(=O)NCc1ccc(S(=O)(=O)F)cc1)C(=O)O. The molecule has 0 aromatic heterocycles. The van der Waals surface area contributed by atoms with E-state index in [0.29, 0.717) is 5.56 Å². The Morgan fingerprint density at radius 2 is 1.85 bits per heavy atom. The van der Waals surface area contributed by atoms with Gasteiger partial charge in [-0.05, 0) is 17.7 Å². The van der Waals surface area contributed by atoms with E-state index >= 15 is 0 Å². The molecule has 1 amide bonds. The molecule has 1 aromatic rings. The van der Waals surface area contributed by atoms with Crippen LogP contribution in [0.3, 0.4) is 0 Å². The zero-order chi connectivity index (χ0) is 15.3. The molecule has 1 atom stereocenters. The lowest BCUT2D eigenvalue weighted by Crippen LogP contribution is -2.36. The number of carbonyl (C=O) groups excluding carboxylic acids is 1. The van der Waals surface area contributed by atoms with Gasteiger partial charge in [-0.2, -0.15) is 8.42 Å². The summed E-state index contributed by atoms with van der Waals surface area (Å²) in [6, 6.07) is 3.53. The van der Waals surface area contributed by atoms with E-state index in [1.807, 2.05) is 0 Å². The highest BCUT2D eigenvalue weighted by molar-refractivity contribution is 7.86. The molecule has 4 N–H and O–H groups in total. The Kier molecular flexibility index (Phi) is 5.17. The molecule has 0 spiro atoms. The first-order valence-corrected chi connectivity index (χ1v) is 6.87. The number of amides is 1. The number of carbonyl (C=O) groups is 2. The van der Waals surface area contributed by atoms with Crippen molar-refractivity contribution in [1.82, 2.24) is 5.32 Å². The van der Waals surface area contributed by atoms with Gasteiger partial charge in [0.25, 0.3) is 0 Å². The third kappa shape index (κ3) is 4.94. The second kappa shape index (κ2) is 6.44. The van der Waals surface area contributed by atoms with Gasteiger partial charge in [0.1, 0.15) is 6.04 Å². The van der Waals surface area contributed by atoms with Gasteiger partial charge in [0.05, 0.1) is 11.3 Å². The van der Waals surface area contributed by atoms with Gasteiger partial charge in [-0.25, -0.2) is 0 Å². The van der Waals surface area contributed by atoms with E-state index in [2.05, 4.69) is 5.32 Å². The van der Waals surface area contributed by atoms with Crippen molar-refractivity contribution in [1.29, 1.82) is 0 Å². The topological polar surface area (TPSA) is 127 Å². The number of nitrogens with two attached hydrogens (primary N) is 1. The number of carboxylic acids is 1. The number of hydrogen-bond donors (Lipinski definition) is 3. The van der Waals surface area contributed by atoms with Crippen LogP contribution in [0.15, 0.2) is 29.2 Å². The summed E-state index contributed by atoms with van der Waals surface area (Å²) in [5, 5.41) is 10.9. The van der Waals surface area contributed by atoms with Crippen LogP contribution in [-0.2, 0) is 26.4 Å². The van der Waals surface area contributed by atoms with Crippen molar-refractivity contribution in [3.05, 3.63) is 29.8 Å². The van der Waals surface area contributed by atoms with Crippen molar-refractivity contribution in [2.24, 2.45) is 5.73 Å². The molecule has 1 unspecified atom stereocenters. The minimum atomic E-state index is -4.75. The van der Waals surface area contributed by atoms with E-state index in [-0.39, 0.29) is 13.0 Å². The largest absolute Gasteiger partial charge is 0.480 e. The summed E-state index contributed by atoms with van der Waals surface area (Å²) in [4.78, 5) is 21.3. The Morgan fingerprint density at radius 1 is 1.30 bits per heavy atom. The van der Waals surface area contributed by atoms with Gasteiger partial charge in [0.2, 0.25) is 5.91 Å². The van der Waals surface area contributed by atoms with Crippen molar-refractivity contribution in [2.45, 2.75) is 23.9 Å². The maximum Gasteiger partial charge on any atom is 0.332 e. The minimum Gasteiger partial charge on any atom is -0.480 e. The third-order valence-corrected chi connectivity index (χ3v) is 3.25. The van der Waals surface area contributed by atoms with E-state index in [0.717, 1.165) is 12.1 Å². The maximum absolute atomic E-state index is 12.6. The van der Waals surface area contributed by atoms with Gasteiger partial charge < -0.3 is 16.2 Å². The highest BCUT2D eigenvalue weighted by Gasteiger charge is 2.16. The van der Waals surface area contributed by atoms with Crippen LogP contribution in [-0.4, -0.2) is 31.4 Å². The fourth-order valence-corrected chi connectivity index (χ4v) is 1.79. The standard InChI is InChI=1S/C11H13FN2O5S/c12-20(18,19)8-3-1-7(2-4-8)6-14-10(15)5-9(13)11(16)17/h1-4,9H,5-6,13H2,(H,14,15)(H,16,17). The number of carboxylic acid groups (broad SMARTS) is 1. The zero-order valence-electron chi connectivity index (χ0n) is 10.2. The number of benzene rings is 1. The minimum absolute atomic E-state index is 0.0534. The number of rotatable bonds is 6. The second-order valence-corrected chi connectivity index (χ2v) is 5.35. The van der Waals surface area contributed by atoms with Crippen LogP contribution in [0.1, 0.15) is 12.0 Å². The average molecular weight is 304 g/mol. The molecule has 0 saturated carbocycles. The molecule has 1 rings (SSSR count). The molecular weight excluding hydrogens is 291 g/mol. The molecular formula is C11H13FN2O5S. The summed E-state index contributed by atoms with van der Waals surface area (Å²) in [5.74, 6) is -1.83. The van der Waals surface area contributed by atoms with Crippen molar-refractivity contribution in [2.75, 3.05) is 0 Å². The predicted octanol–water partition coefficient (Wildman–Crippen LogP) is -0.237. The summed E-state index contributed by atoms with van der Waals surface area (Å²) in [5.41, 5.74) is 5.72. The van der Waals surface area contributed by atoms with Gasteiger partial charge in [-0.15, -0.1) is 3.89 Å². The van der Waals surface area contributed by atoms with E-state index in [1.54, 1.807) is 0 Å². The quantitative estimate of drug-likeness (QED) is 0.623. The van der Waals surface area contributed by atoms with Gasteiger partial charge in [-0.1, -0.05) is 12.1 Å². The monoisotopic (exact) mass is 304 g/mol. The summed E-state index contributed by atoms with van der Waals surface area (Å²) in [6.45, 7) is 0.0534. The molecule has 9 heteroatoms. The Bertz CT molecular complexity index is 600. The Hall–Kier alpha value is -2.00. The van der Waals surface area contributed by atoms with Crippen LogP contribution in [0, 0.1) is 0 Å². The van der Waals surface area contributed by atoms with E-state index in [1.165, 1.54) is 12.1 Å². The molecule has 7 nitrogen and oxygen atoms in total. The van der Waals surface area contributed by atoms with Crippen LogP contribution in [0.25, 0.3) is 0 Å². The van der Waals surface area contributed by atoms with E-state index in [9.17, 15) is 21.9 Å². The highest BCUT2D eigenvalue weighted by Crippen LogP contribution is 2.12. The van der Waals surface area contributed by atoms with Crippen molar-refractivity contribution in [3.8, 4) is 0 Å². The normalized spacial score (nSPS) is 12.7. The van der Waals surface area contributed by atoms with Crippen LogP contribution in [0.2, 0.25) is 0 Å². The van der Waals surface area contributed by atoms with E-state index < -0.39 is 33.0 Å². The molecule has 1 aromatic carbocycles. The summed E-state index contributed by atoms with van der Waals surface area (Å²) < 4.78 is 33.8. The Balaban J connectivity index is 2.54. The smallest absolute Gasteiger partial charge is 0.332 e. The van der Waals surface area contributed by atoms with Crippen molar-refractivity contribution in [3.63, 3.8) is 0 Å². The number of hydrogen-bond acceptors (Lipinski definition) is 5. The molecule has 0 fully saturated rings. The Labute approximate surface area is 114 Å². The molecule has 0 radical (unpaired) electrons. The van der Waals surface area contributed by atoms with Crippen LogP contribution < -0.4 is 11.1 Å². The average Bonchev–Trinajstić information content (AvgIpc) is 2.35. The first-order chi connectivity index (χ1) is 9.20. The van der Waals surface area contributed by atoms with Gasteiger partial charge in [0, 0.05) is 6.54 Å². The van der Waals surface area contributed by atoms with Gasteiger partial charge >= 0.3 is 16.2 Å². The third-order valence-electron chi connectivity index (χ3n) is 2.42. The van der Waals surface area contributed by atoms with Crippen LogP contribution in [0.5, 0.6) is 0 Å². The molecule has 0 aliphatic carbocycles. The molecule has 110 valence electrons. The van der Waals surface area contributed by atoms with Crippen LogP contribution >= 0.6 is 0 Å². The first-order valence-electron chi connectivity index (χ1n) is 5.49. The number of halogens is 1. The van der Waals surface area contributed by atoms with Crippen LogP contribution in [0.4, 0.5) is 3.89 Å². The van der Waals surface area contributed by atoms with E-state index in [4.69, 9.17) is 10.8 Å². The number of nitrogens with one attached hydrogen (secondary N) is 1. The first kappa shape index (κ1) is 16.1. The molecule has 0 bridgehead atoms. The predicted molar refractivity (Wildman–Crippen MR) is 66.8 cm³/mol.